The predicted molar refractivity (Wildman–Crippen MR) is 82.5 cm³/mol. The summed E-state index contributed by atoms with van der Waals surface area (Å²) >= 11 is 0. The zero-order valence-electron chi connectivity index (χ0n) is 12.3. The minimum absolute atomic E-state index is 0.111. The van der Waals surface area contributed by atoms with Gasteiger partial charge >= 0.3 is 0 Å². The average Bonchev–Trinajstić information content (AvgIpc) is 2.90. The molecule has 1 amide bonds. The molecule has 1 aliphatic heterocycles. The van der Waals surface area contributed by atoms with Gasteiger partial charge in [0.1, 0.15) is 0 Å². The van der Waals surface area contributed by atoms with Crippen LogP contribution in [0.1, 0.15) is 31.7 Å². The fourth-order valence-electron chi connectivity index (χ4n) is 2.76. The first-order valence-corrected chi connectivity index (χ1v) is 7.50. The highest BCUT2D eigenvalue weighted by atomic mass is 16.1. The van der Waals surface area contributed by atoms with Gasteiger partial charge in [-0.25, -0.2) is 0 Å². The van der Waals surface area contributed by atoms with Crippen molar-refractivity contribution in [2.24, 2.45) is 0 Å². The number of nitrogens with zero attached hydrogens (tertiary/aromatic N) is 1. The van der Waals surface area contributed by atoms with Gasteiger partial charge in [0.05, 0.1) is 0 Å². The number of carbonyl (C=O) groups is 1. The molecule has 4 heteroatoms. The summed E-state index contributed by atoms with van der Waals surface area (Å²) in [6.07, 6.45) is 3.77. The Kier molecular flexibility index (Phi) is 5.41. The van der Waals surface area contributed by atoms with E-state index in [0.717, 1.165) is 17.8 Å². The second kappa shape index (κ2) is 7.29. The van der Waals surface area contributed by atoms with E-state index in [-0.39, 0.29) is 11.9 Å². The number of para-hydroxylation sites is 1. The highest BCUT2D eigenvalue weighted by Crippen LogP contribution is 2.12. The molecule has 0 spiro atoms. The van der Waals surface area contributed by atoms with Gasteiger partial charge in [0.2, 0.25) is 5.91 Å². The van der Waals surface area contributed by atoms with E-state index in [0.29, 0.717) is 12.8 Å². The van der Waals surface area contributed by atoms with Gasteiger partial charge in [0, 0.05) is 24.7 Å². The van der Waals surface area contributed by atoms with Crippen molar-refractivity contribution in [1.29, 1.82) is 0 Å². The van der Waals surface area contributed by atoms with Gasteiger partial charge in [0.15, 0.2) is 0 Å². The van der Waals surface area contributed by atoms with Crippen LogP contribution in [0.15, 0.2) is 24.3 Å². The molecule has 1 aliphatic rings. The Labute approximate surface area is 121 Å². The molecule has 110 valence electrons. The third kappa shape index (κ3) is 4.53. The van der Waals surface area contributed by atoms with Crippen LogP contribution in [-0.2, 0) is 11.2 Å². The van der Waals surface area contributed by atoms with E-state index < -0.39 is 0 Å². The van der Waals surface area contributed by atoms with Gasteiger partial charge in [-0.3, -0.25) is 4.79 Å². The van der Waals surface area contributed by atoms with Crippen molar-refractivity contribution in [1.82, 2.24) is 10.2 Å². The van der Waals surface area contributed by atoms with Crippen LogP contribution in [0.25, 0.3) is 0 Å². The molecule has 1 fully saturated rings. The summed E-state index contributed by atoms with van der Waals surface area (Å²) in [6.45, 7) is 5.37. The van der Waals surface area contributed by atoms with Crippen LogP contribution >= 0.6 is 0 Å². The van der Waals surface area contributed by atoms with Crippen LogP contribution in [0.3, 0.4) is 0 Å². The number of rotatable bonds is 6. The SMILES string of the molecule is CC(CN1CCCC1)NC(=O)CCc1ccccc1N. The molecular weight excluding hydrogens is 250 g/mol. The fourth-order valence-corrected chi connectivity index (χ4v) is 2.76. The first kappa shape index (κ1) is 14.9. The molecule has 0 aliphatic carbocycles. The van der Waals surface area contributed by atoms with E-state index in [1.165, 1.54) is 25.9 Å². The van der Waals surface area contributed by atoms with Crippen molar-refractivity contribution in [3.63, 3.8) is 0 Å². The van der Waals surface area contributed by atoms with Crippen LogP contribution < -0.4 is 11.1 Å². The number of carbonyl (C=O) groups excluding carboxylic acids is 1. The maximum Gasteiger partial charge on any atom is 0.220 e. The fraction of sp³-hybridized carbons (Fsp3) is 0.562. The maximum absolute atomic E-state index is 11.9. The van der Waals surface area contributed by atoms with Gasteiger partial charge in [-0.2, -0.15) is 0 Å². The number of nitrogen functional groups attached to an aromatic ring is 1. The Morgan fingerprint density at radius 3 is 2.75 bits per heavy atom. The number of nitrogens with one attached hydrogen (secondary N) is 1. The third-order valence-corrected chi connectivity index (χ3v) is 3.81. The van der Waals surface area contributed by atoms with Crippen molar-refractivity contribution in [3.8, 4) is 0 Å². The number of amides is 1. The van der Waals surface area contributed by atoms with Crippen molar-refractivity contribution < 1.29 is 4.79 Å². The molecule has 0 bridgehead atoms. The van der Waals surface area contributed by atoms with Gasteiger partial charge in [-0.1, -0.05) is 18.2 Å². The summed E-state index contributed by atoms with van der Waals surface area (Å²) in [7, 11) is 0. The topological polar surface area (TPSA) is 58.4 Å². The number of hydrogen-bond acceptors (Lipinski definition) is 3. The minimum atomic E-state index is 0.111. The molecule has 0 aromatic heterocycles. The standard InChI is InChI=1S/C16H25N3O/c1-13(12-19-10-4-5-11-19)18-16(20)9-8-14-6-2-3-7-15(14)17/h2-3,6-7,13H,4-5,8-12,17H2,1H3,(H,18,20). The van der Waals surface area contributed by atoms with Gasteiger partial charge in [-0.05, 0) is 50.9 Å². The lowest BCUT2D eigenvalue weighted by molar-refractivity contribution is -0.121. The highest BCUT2D eigenvalue weighted by molar-refractivity contribution is 5.76. The van der Waals surface area contributed by atoms with Crippen molar-refractivity contribution >= 4 is 11.6 Å². The summed E-state index contributed by atoms with van der Waals surface area (Å²) in [5, 5.41) is 3.08. The van der Waals surface area contributed by atoms with E-state index >= 15 is 0 Å². The molecule has 1 heterocycles. The maximum atomic E-state index is 11.9. The van der Waals surface area contributed by atoms with E-state index in [9.17, 15) is 4.79 Å². The molecule has 1 aromatic rings. The van der Waals surface area contributed by atoms with Gasteiger partial charge in [0.25, 0.3) is 0 Å². The van der Waals surface area contributed by atoms with E-state index in [4.69, 9.17) is 5.73 Å². The van der Waals surface area contributed by atoms with Gasteiger partial charge in [-0.15, -0.1) is 0 Å². The molecule has 1 saturated heterocycles. The smallest absolute Gasteiger partial charge is 0.220 e. The lowest BCUT2D eigenvalue weighted by Crippen LogP contribution is -2.41. The Morgan fingerprint density at radius 1 is 1.35 bits per heavy atom. The largest absolute Gasteiger partial charge is 0.399 e. The molecular formula is C16H25N3O. The van der Waals surface area contributed by atoms with E-state index in [2.05, 4.69) is 17.1 Å². The lowest BCUT2D eigenvalue weighted by atomic mass is 10.1. The van der Waals surface area contributed by atoms with Crippen LogP contribution in [0.4, 0.5) is 5.69 Å². The molecule has 2 rings (SSSR count). The number of hydrogen-bond donors (Lipinski definition) is 2. The third-order valence-electron chi connectivity index (χ3n) is 3.81. The number of benzene rings is 1. The van der Waals surface area contributed by atoms with E-state index in [1.54, 1.807) is 0 Å². The second-order valence-electron chi connectivity index (χ2n) is 5.68. The first-order chi connectivity index (χ1) is 9.65. The van der Waals surface area contributed by atoms with Crippen LogP contribution in [0.2, 0.25) is 0 Å². The molecule has 1 atom stereocenters. The average molecular weight is 275 g/mol. The molecule has 3 N–H and O–H groups in total. The minimum Gasteiger partial charge on any atom is -0.399 e. The zero-order chi connectivity index (χ0) is 14.4. The number of anilines is 1. The van der Waals surface area contributed by atoms with Crippen LogP contribution in [-0.4, -0.2) is 36.5 Å². The lowest BCUT2D eigenvalue weighted by Gasteiger charge is -2.21. The first-order valence-electron chi connectivity index (χ1n) is 7.50. The Morgan fingerprint density at radius 2 is 2.05 bits per heavy atom. The Bertz CT molecular complexity index is 441. The van der Waals surface area contributed by atoms with Crippen molar-refractivity contribution in [3.05, 3.63) is 29.8 Å². The van der Waals surface area contributed by atoms with Crippen LogP contribution in [0, 0.1) is 0 Å². The summed E-state index contributed by atoms with van der Waals surface area (Å²) in [6, 6.07) is 7.95. The molecule has 0 radical (unpaired) electrons. The normalized spacial score (nSPS) is 17.1. The predicted octanol–water partition coefficient (Wildman–Crippen LogP) is 1.80. The van der Waals surface area contributed by atoms with Gasteiger partial charge < -0.3 is 16.0 Å². The summed E-state index contributed by atoms with van der Waals surface area (Å²) in [5.74, 6) is 0.111. The summed E-state index contributed by atoms with van der Waals surface area (Å²) in [5.41, 5.74) is 7.70. The van der Waals surface area contributed by atoms with Crippen molar-refractivity contribution in [2.45, 2.75) is 38.6 Å². The molecule has 4 nitrogen and oxygen atoms in total. The molecule has 20 heavy (non-hydrogen) atoms. The monoisotopic (exact) mass is 275 g/mol. The molecule has 1 aromatic carbocycles. The van der Waals surface area contributed by atoms with Crippen molar-refractivity contribution in [2.75, 3.05) is 25.4 Å². The Hall–Kier alpha value is -1.55. The Balaban J connectivity index is 1.70. The second-order valence-corrected chi connectivity index (χ2v) is 5.68. The highest BCUT2D eigenvalue weighted by Gasteiger charge is 2.15. The zero-order valence-corrected chi connectivity index (χ0v) is 12.3. The quantitative estimate of drug-likeness (QED) is 0.778. The number of aryl methyl sites for hydroxylation is 1. The molecule has 0 saturated carbocycles. The number of nitrogens with two attached hydrogens (primary N) is 1. The number of likely N-dealkylation sites (tertiary alicyclic amines) is 1. The molecule has 1 unspecified atom stereocenters. The summed E-state index contributed by atoms with van der Waals surface area (Å²) in [4.78, 5) is 14.4. The van der Waals surface area contributed by atoms with Crippen LogP contribution in [0.5, 0.6) is 0 Å². The summed E-state index contributed by atoms with van der Waals surface area (Å²) < 4.78 is 0. The van der Waals surface area contributed by atoms with E-state index in [1.807, 2.05) is 24.3 Å².